The van der Waals surface area contributed by atoms with Crippen LogP contribution in [0.3, 0.4) is 0 Å². The van der Waals surface area contributed by atoms with Crippen LogP contribution in [0.25, 0.3) is 0 Å². The molecule has 0 heterocycles. The number of methoxy groups -OCH3 is 1. The van der Waals surface area contributed by atoms with Gasteiger partial charge in [-0.05, 0) is 24.5 Å². The van der Waals surface area contributed by atoms with Crippen LogP contribution in [0.2, 0.25) is 0 Å². The van der Waals surface area contributed by atoms with Crippen molar-refractivity contribution in [2.24, 2.45) is 0 Å². The monoisotopic (exact) mass is 365 g/mol. The van der Waals surface area contributed by atoms with Gasteiger partial charge in [0.25, 0.3) is 0 Å². The minimum absolute atomic E-state index is 0.150. The molecule has 1 aromatic rings. The Labute approximate surface area is 140 Å². The van der Waals surface area contributed by atoms with Crippen LogP contribution in [0.1, 0.15) is 18.9 Å². The molecule has 0 radical (unpaired) electrons. The van der Waals surface area contributed by atoms with Crippen molar-refractivity contribution in [1.29, 1.82) is 0 Å². The lowest BCUT2D eigenvalue weighted by molar-refractivity contribution is -0.289. The van der Waals surface area contributed by atoms with Gasteiger partial charge >= 0.3 is 12.4 Å². The van der Waals surface area contributed by atoms with Crippen molar-refractivity contribution in [3.63, 3.8) is 0 Å². The van der Waals surface area contributed by atoms with Crippen LogP contribution in [0.4, 0.5) is 26.3 Å². The Bertz CT molecular complexity index is 671. The average Bonchev–Trinajstić information content (AvgIpc) is 2.49. The second-order valence-corrected chi connectivity index (χ2v) is 5.98. The number of rotatable bonds is 3. The number of allylic oxidation sites excluding steroid dienone is 2. The van der Waals surface area contributed by atoms with E-state index >= 15 is 0 Å². The number of benzene rings is 1. The molecule has 138 valence electrons. The lowest BCUT2D eigenvalue weighted by atomic mass is 9.70. The molecule has 0 bridgehead atoms. The molecule has 1 aliphatic carbocycles. The maximum absolute atomic E-state index is 13.8. The first-order valence-electron chi connectivity index (χ1n) is 7.23. The standard InChI is InChI=1S/C17H16F6O2/c1-14(25-2)9-7-12(8-10-14)15(16(18,19)20,17(21,22)23)11-3-5-13(24)6-4-11/h3-9,24H,10H2,1-2H3/p-1. The van der Waals surface area contributed by atoms with Crippen LogP contribution in [0.15, 0.2) is 48.1 Å². The van der Waals surface area contributed by atoms with Gasteiger partial charge in [-0.15, -0.1) is 5.75 Å². The maximum atomic E-state index is 13.8. The van der Waals surface area contributed by atoms with E-state index in [0.717, 1.165) is 12.2 Å². The summed E-state index contributed by atoms with van der Waals surface area (Å²) in [4.78, 5) is 0. The summed E-state index contributed by atoms with van der Waals surface area (Å²) >= 11 is 0. The summed E-state index contributed by atoms with van der Waals surface area (Å²) < 4.78 is 88.0. The Morgan fingerprint density at radius 2 is 1.52 bits per heavy atom. The van der Waals surface area contributed by atoms with E-state index in [1.807, 2.05) is 0 Å². The van der Waals surface area contributed by atoms with Gasteiger partial charge in [0.2, 0.25) is 5.41 Å². The summed E-state index contributed by atoms with van der Waals surface area (Å²) in [7, 11) is 1.32. The minimum Gasteiger partial charge on any atom is -0.872 e. The molecule has 0 saturated heterocycles. The third kappa shape index (κ3) is 3.15. The first-order valence-corrected chi connectivity index (χ1v) is 7.23. The second-order valence-electron chi connectivity index (χ2n) is 5.98. The zero-order valence-corrected chi connectivity index (χ0v) is 13.3. The molecule has 0 fully saturated rings. The van der Waals surface area contributed by atoms with Gasteiger partial charge in [-0.3, -0.25) is 0 Å². The van der Waals surface area contributed by atoms with Crippen LogP contribution < -0.4 is 5.11 Å². The van der Waals surface area contributed by atoms with Gasteiger partial charge in [-0.2, -0.15) is 26.3 Å². The fourth-order valence-corrected chi connectivity index (χ4v) is 2.83. The highest BCUT2D eigenvalue weighted by Gasteiger charge is 2.73. The molecular formula is C17H15F6O2-. The lowest BCUT2D eigenvalue weighted by Crippen LogP contribution is -2.55. The molecule has 25 heavy (non-hydrogen) atoms. The van der Waals surface area contributed by atoms with E-state index in [1.165, 1.54) is 13.2 Å². The molecular weight excluding hydrogens is 350 g/mol. The fraction of sp³-hybridized carbons (Fsp3) is 0.412. The molecule has 0 N–H and O–H groups in total. The molecule has 0 aromatic heterocycles. The quantitative estimate of drug-likeness (QED) is 0.743. The topological polar surface area (TPSA) is 32.3 Å². The van der Waals surface area contributed by atoms with Crippen LogP contribution in [0, 0.1) is 0 Å². The van der Waals surface area contributed by atoms with Crippen molar-refractivity contribution in [2.75, 3.05) is 7.11 Å². The Morgan fingerprint density at radius 3 is 1.88 bits per heavy atom. The number of hydrogen-bond acceptors (Lipinski definition) is 2. The third-order valence-electron chi connectivity index (χ3n) is 4.38. The van der Waals surface area contributed by atoms with Crippen molar-refractivity contribution in [3.05, 3.63) is 53.6 Å². The number of alkyl halides is 6. The highest BCUT2D eigenvalue weighted by atomic mass is 19.4. The molecule has 0 amide bonds. The summed E-state index contributed by atoms with van der Waals surface area (Å²) in [5.41, 5.74) is -7.20. The second kappa shape index (κ2) is 6.09. The predicted octanol–water partition coefficient (Wildman–Crippen LogP) is 4.41. The summed E-state index contributed by atoms with van der Waals surface area (Å²) in [6.07, 6.45) is -8.62. The Morgan fingerprint density at radius 1 is 1.00 bits per heavy atom. The number of hydrogen-bond donors (Lipinski definition) is 0. The molecule has 2 nitrogen and oxygen atoms in total. The average molecular weight is 365 g/mol. The van der Waals surface area contributed by atoms with Crippen molar-refractivity contribution in [1.82, 2.24) is 0 Å². The van der Waals surface area contributed by atoms with Gasteiger partial charge in [0.05, 0.1) is 5.60 Å². The minimum atomic E-state index is -5.66. The largest absolute Gasteiger partial charge is 0.872 e. The Hall–Kier alpha value is -1.96. The van der Waals surface area contributed by atoms with Crippen molar-refractivity contribution < 1.29 is 36.2 Å². The lowest BCUT2D eigenvalue weighted by Gasteiger charge is -2.41. The smallest absolute Gasteiger partial charge is 0.411 e. The summed E-state index contributed by atoms with van der Waals surface area (Å²) in [5, 5.41) is 11.1. The van der Waals surface area contributed by atoms with Gasteiger partial charge in [0.15, 0.2) is 0 Å². The SMILES string of the molecule is COC1(C)C=CC(C(c2ccc([O-])cc2)(C(F)(F)F)C(F)(F)F)=CC1. The van der Waals surface area contributed by atoms with Gasteiger partial charge in [0.1, 0.15) is 0 Å². The predicted molar refractivity (Wildman–Crippen MR) is 76.9 cm³/mol. The molecule has 8 heteroatoms. The zero-order valence-electron chi connectivity index (χ0n) is 13.3. The van der Waals surface area contributed by atoms with E-state index in [2.05, 4.69) is 0 Å². The first-order chi connectivity index (χ1) is 11.4. The van der Waals surface area contributed by atoms with Gasteiger partial charge < -0.3 is 9.84 Å². The number of halogens is 6. The van der Waals surface area contributed by atoms with E-state index in [1.54, 1.807) is 6.92 Å². The fourth-order valence-electron chi connectivity index (χ4n) is 2.83. The molecule has 2 rings (SSSR count). The summed E-state index contributed by atoms with van der Waals surface area (Å²) in [6, 6.07) is 2.52. The zero-order chi connectivity index (χ0) is 19.1. The highest BCUT2D eigenvalue weighted by Crippen LogP contribution is 2.57. The first kappa shape index (κ1) is 19.4. The maximum Gasteiger partial charge on any atom is 0.411 e. The van der Waals surface area contributed by atoms with Crippen LogP contribution in [-0.4, -0.2) is 25.1 Å². The van der Waals surface area contributed by atoms with Gasteiger partial charge in [-0.1, -0.05) is 42.5 Å². The van der Waals surface area contributed by atoms with Crippen molar-refractivity contribution >= 4 is 0 Å². The summed E-state index contributed by atoms with van der Waals surface area (Å²) in [5.74, 6) is -0.679. The normalized spacial score (nSPS) is 22.0. The molecule has 0 saturated carbocycles. The van der Waals surface area contributed by atoms with Crippen LogP contribution >= 0.6 is 0 Å². The van der Waals surface area contributed by atoms with E-state index in [-0.39, 0.29) is 6.42 Å². The van der Waals surface area contributed by atoms with E-state index < -0.39 is 40.3 Å². The molecule has 1 aromatic carbocycles. The molecule has 0 spiro atoms. The van der Waals surface area contributed by atoms with Gasteiger partial charge in [-0.25, -0.2) is 0 Å². The summed E-state index contributed by atoms with van der Waals surface area (Å²) in [6.45, 7) is 1.55. The van der Waals surface area contributed by atoms with Crippen LogP contribution in [0.5, 0.6) is 5.75 Å². The highest BCUT2D eigenvalue weighted by molar-refractivity contribution is 5.49. The van der Waals surface area contributed by atoms with E-state index in [0.29, 0.717) is 24.3 Å². The Balaban J connectivity index is 2.74. The Kier molecular flexibility index (Phi) is 4.71. The molecule has 1 atom stereocenters. The molecule has 1 aliphatic rings. The van der Waals surface area contributed by atoms with E-state index in [4.69, 9.17) is 4.74 Å². The van der Waals surface area contributed by atoms with Crippen molar-refractivity contribution in [3.8, 4) is 5.75 Å². The van der Waals surface area contributed by atoms with Crippen LogP contribution in [-0.2, 0) is 10.2 Å². The molecule has 1 unspecified atom stereocenters. The molecule has 0 aliphatic heterocycles. The van der Waals surface area contributed by atoms with E-state index in [9.17, 15) is 31.4 Å². The van der Waals surface area contributed by atoms with Gasteiger partial charge in [0, 0.05) is 7.11 Å². The number of ether oxygens (including phenoxy) is 1. The third-order valence-corrected chi connectivity index (χ3v) is 4.38. The van der Waals surface area contributed by atoms with Crippen molar-refractivity contribution in [2.45, 2.75) is 36.7 Å².